The van der Waals surface area contributed by atoms with Gasteiger partial charge in [0.15, 0.2) is 0 Å². The Labute approximate surface area is 214 Å². The first-order valence-corrected chi connectivity index (χ1v) is 12.6. The fourth-order valence-corrected chi connectivity index (χ4v) is 3.58. The molecular weight excluding hydrogens is 506 g/mol. The van der Waals surface area contributed by atoms with Crippen molar-refractivity contribution in [3.8, 4) is 5.75 Å². The van der Waals surface area contributed by atoms with E-state index in [0.29, 0.717) is 16.8 Å². The maximum atomic E-state index is 12.5. The lowest BCUT2D eigenvalue weighted by Crippen LogP contribution is -2.18. The first-order valence-electron chi connectivity index (χ1n) is 11.8. The van der Waals surface area contributed by atoms with Gasteiger partial charge in [-0.2, -0.15) is 5.10 Å². The van der Waals surface area contributed by atoms with Crippen LogP contribution in [0.1, 0.15) is 65.3 Å². The maximum Gasteiger partial charge on any atom is 0.271 e. The van der Waals surface area contributed by atoms with Crippen LogP contribution in [0.15, 0.2) is 82.4 Å². The normalized spacial score (nSPS) is 10.8. The van der Waals surface area contributed by atoms with E-state index in [1.807, 2.05) is 24.3 Å². The van der Waals surface area contributed by atoms with Gasteiger partial charge < -0.3 is 10.1 Å². The Morgan fingerprint density at radius 2 is 1.63 bits per heavy atom. The van der Waals surface area contributed by atoms with Crippen LogP contribution in [0.4, 0.5) is 5.69 Å². The molecule has 0 bridgehead atoms. The minimum absolute atomic E-state index is 0.253. The summed E-state index contributed by atoms with van der Waals surface area (Å²) in [6, 6.07) is 21.3. The molecule has 0 aliphatic rings. The smallest absolute Gasteiger partial charge is 0.271 e. The molecule has 0 aliphatic carbocycles. The summed E-state index contributed by atoms with van der Waals surface area (Å²) in [7, 11) is 0. The number of amides is 2. The molecule has 35 heavy (non-hydrogen) atoms. The van der Waals surface area contributed by atoms with Crippen molar-refractivity contribution >= 4 is 39.6 Å². The third kappa shape index (κ3) is 9.02. The van der Waals surface area contributed by atoms with Crippen LogP contribution in [-0.4, -0.2) is 24.6 Å². The largest absolute Gasteiger partial charge is 0.494 e. The summed E-state index contributed by atoms with van der Waals surface area (Å²) in [5.74, 6) is 0.199. The molecular formula is C28H30BrN3O3. The van der Waals surface area contributed by atoms with Crippen LogP contribution in [-0.2, 0) is 0 Å². The summed E-state index contributed by atoms with van der Waals surface area (Å²) in [5, 5.41) is 6.84. The van der Waals surface area contributed by atoms with Crippen molar-refractivity contribution in [1.29, 1.82) is 0 Å². The van der Waals surface area contributed by atoms with Crippen LogP contribution in [0.3, 0.4) is 0 Å². The fraction of sp³-hybridized carbons (Fsp3) is 0.250. The van der Waals surface area contributed by atoms with Crippen molar-refractivity contribution in [3.05, 3.63) is 94.0 Å². The van der Waals surface area contributed by atoms with E-state index in [-0.39, 0.29) is 11.8 Å². The molecule has 0 spiro atoms. The molecule has 3 aromatic rings. The molecule has 0 heterocycles. The van der Waals surface area contributed by atoms with E-state index >= 15 is 0 Å². The minimum Gasteiger partial charge on any atom is -0.494 e. The zero-order chi connectivity index (χ0) is 24.9. The second-order valence-electron chi connectivity index (χ2n) is 8.07. The summed E-state index contributed by atoms with van der Waals surface area (Å²) in [4.78, 5) is 24.9. The van der Waals surface area contributed by atoms with Crippen molar-refractivity contribution in [2.24, 2.45) is 5.10 Å². The molecule has 182 valence electrons. The first-order chi connectivity index (χ1) is 17.0. The average molecular weight is 536 g/mol. The number of hydrogen-bond acceptors (Lipinski definition) is 4. The van der Waals surface area contributed by atoms with Crippen molar-refractivity contribution in [2.45, 2.75) is 39.0 Å². The van der Waals surface area contributed by atoms with E-state index < -0.39 is 0 Å². The van der Waals surface area contributed by atoms with Crippen LogP contribution >= 0.6 is 15.9 Å². The van der Waals surface area contributed by atoms with E-state index in [1.165, 1.54) is 25.7 Å². The van der Waals surface area contributed by atoms with Crippen molar-refractivity contribution in [2.75, 3.05) is 11.9 Å². The minimum atomic E-state index is -0.371. The van der Waals surface area contributed by atoms with Gasteiger partial charge in [0.1, 0.15) is 5.75 Å². The molecule has 2 N–H and O–H groups in total. The topological polar surface area (TPSA) is 79.8 Å². The highest BCUT2D eigenvalue weighted by atomic mass is 79.9. The number of ether oxygens (including phenoxy) is 1. The van der Waals surface area contributed by atoms with E-state index in [9.17, 15) is 9.59 Å². The lowest BCUT2D eigenvalue weighted by atomic mass is 10.1. The Kier molecular flexibility index (Phi) is 10.5. The number of halogens is 1. The van der Waals surface area contributed by atoms with Crippen LogP contribution in [0.2, 0.25) is 0 Å². The zero-order valence-electron chi connectivity index (χ0n) is 19.8. The molecule has 6 nitrogen and oxygen atoms in total. The Hall–Kier alpha value is -3.45. The first kappa shape index (κ1) is 26.2. The Balaban J connectivity index is 1.47. The summed E-state index contributed by atoms with van der Waals surface area (Å²) >= 11 is 3.35. The van der Waals surface area contributed by atoms with E-state index in [4.69, 9.17) is 4.74 Å². The Bertz CT molecular complexity index is 1130. The lowest BCUT2D eigenvalue weighted by Gasteiger charge is -2.07. The highest BCUT2D eigenvalue weighted by molar-refractivity contribution is 9.10. The van der Waals surface area contributed by atoms with Gasteiger partial charge in [0.25, 0.3) is 11.8 Å². The second-order valence-corrected chi connectivity index (χ2v) is 8.99. The van der Waals surface area contributed by atoms with Gasteiger partial charge in [-0.25, -0.2) is 5.43 Å². The van der Waals surface area contributed by atoms with Gasteiger partial charge >= 0.3 is 0 Å². The van der Waals surface area contributed by atoms with Crippen molar-refractivity contribution in [3.63, 3.8) is 0 Å². The van der Waals surface area contributed by atoms with Crippen molar-refractivity contribution in [1.82, 2.24) is 5.43 Å². The Morgan fingerprint density at radius 1 is 0.886 bits per heavy atom. The number of nitrogens with one attached hydrogen (secondary N) is 2. The molecule has 2 amide bonds. The van der Waals surface area contributed by atoms with Gasteiger partial charge in [0.05, 0.1) is 12.8 Å². The standard InChI is InChI=1S/C28H30BrN3O3/c1-2-3-4-5-6-18-35-26-16-10-21(11-17-26)20-30-32-28(34)23-8-7-9-25(19-23)31-27(33)22-12-14-24(29)15-13-22/h7-17,19-20H,2-6,18H2,1H3,(H,31,33)(H,32,34)/b30-20+. The number of hydrazone groups is 1. The van der Waals surface area contributed by atoms with Gasteiger partial charge in [0, 0.05) is 21.3 Å². The number of benzene rings is 3. The molecule has 0 atom stereocenters. The zero-order valence-corrected chi connectivity index (χ0v) is 21.4. The lowest BCUT2D eigenvalue weighted by molar-refractivity contribution is 0.0953. The highest BCUT2D eigenvalue weighted by Gasteiger charge is 2.09. The number of hydrogen-bond donors (Lipinski definition) is 2. The number of anilines is 1. The number of carbonyl (C=O) groups is 2. The molecule has 3 aromatic carbocycles. The van der Waals surface area contributed by atoms with Gasteiger partial charge in [0.2, 0.25) is 0 Å². The third-order valence-corrected chi connectivity index (χ3v) is 5.79. The van der Waals surface area contributed by atoms with Crippen LogP contribution in [0.5, 0.6) is 5.75 Å². The van der Waals surface area contributed by atoms with Gasteiger partial charge in [-0.05, 0) is 78.7 Å². The number of nitrogens with zero attached hydrogens (tertiary/aromatic N) is 1. The molecule has 3 rings (SSSR count). The maximum absolute atomic E-state index is 12.5. The predicted molar refractivity (Wildman–Crippen MR) is 144 cm³/mol. The summed E-state index contributed by atoms with van der Waals surface area (Å²) < 4.78 is 6.66. The second kappa shape index (κ2) is 14.1. The number of rotatable bonds is 12. The predicted octanol–water partition coefficient (Wildman–Crippen LogP) is 6.81. The monoisotopic (exact) mass is 535 g/mol. The molecule has 0 saturated carbocycles. The van der Waals surface area contributed by atoms with E-state index in [0.717, 1.165) is 28.8 Å². The molecule has 0 unspecified atom stereocenters. The fourth-order valence-electron chi connectivity index (χ4n) is 3.32. The SMILES string of the molecule is CCCCCCCOc1ccc(/C=N/NC(=O)c2cccc(NC(=O)c3ccc(Br)cc3)c2)cc1. The van der Waals surface area contributed by atoms with Gasteiger partial charge in [-0.3, -0.25) is 9.59 Å². The van der Waals surface area contributed by atoms with Gasteiger partial charge in [-0.15, -0.1) is 0 Å². The van der Waals surface area contributed by atoms with Crippen LogP contribution in [0, 0.1) is 0 Å². The summed E-state index contributed by atoms with van der Waals surface area (Å²) in [6.45, 7) is 2.93. The quantitative estimate of drug-likeness (QED) is 0.152. The van der Waals surface area contributed by atoms with E-state index in [1.54, 1.807) is 54.7 Å². The van der Waals surface area contributed by atoms with Crippen LogP contribution < -0.4 is 15.5 Å². The summed E-state index contributed by atoms with van der Waals surface area (Å²) in [5.41, 5.74) is 4.80. The third-order valence-electron chi connectivity index (χ3n) is 5.27. The molecule has 0 aliphatic heterocycles. The van der Waals surface area contributed by atoms with Crippen molar-refractivity contribution < 1.29 is 14.3 Å². The molecule has 0 aromatic heterocycles. The number of carbonyl (C=O) groups excluding carboxylic acids is 2. The molecule has 0 radical (unpaired) electrons. The molecule has 0 saturated heterocycles. The molecule has 0 fully saturated rings. The summed E-state index contributed by atoms with van der Waals surface area (Å²) in [6.07, 6.45) is 7.60. The van der Waals surface area contributed by atoms with E-state index in [2.05, 4.69) is 38.7 Å². The average Bonchev–Trinajstić information content (AvgIpc) is 2.87. The van der Waals surface area contributed by atoms with Gasteiger partial charge in [-0.1, -0.05) is 54.6 Å². The highest BCUT2D eigenvalue weighted by Crippen LogP contribution is 2.15. The molecule has 7 heteroatoms. The number of unbranched alkanes of at least 4 members (excludes halogenated alkanes) is 4. The van der Waals surface area contributed by atoms with Crippen LogP contribution in [0.25, 0.3) is 0 Å². The Morgan fingerprint density at radius 3 is 2.37 bits per heavy atom.